The van der Waals surface area contributed by atoms with Gasteiger partial charge in [0, 0.05) is 18.3 Å². The van der Waals surface area contributed by atoms with Crippen molar-refractivity contribution >= 4 is 27.8 Å². The van der Waals surface area contributed by atoms with Crippen LogP contribution in [-0.2, 0) is 4.79 Å². The SMILES string of the molecule is COc1cc(OC)nc(N2CC(CBr)CC2=O)n1. The van der Waals surface area contributed by atoms with E-state index in [2.05, 4.69) is 25.9 Å². The molecule has 18 heavy (non-hydrogen) atoms. The van der Waals surface area contributed by atoms with Crippen molar-refractivity contribution in [1.82, 2.24) is 9.97 Å². The number of halogens is 1. The molecule has 1 unspecified atom stereocenters. The van der Waals surface area contributed by atoms with Crippen LogP contribution in [0.4, 0.5) is 5.95 Å². The van der Waals surface area contributed by atoms with Gasteiger partial charge in [-0.05, 0) is 5.92 Å². The summed E-state index contributed by atoms with van der Waals surface area (Å²) in [5.74, 6) is 1.41. The van der Waals surface area contributed by atoms with Crippen molar-refractivity contribution in [1.29, 1.82) is 0 Å². The van der Waals surface area contributed by atoms with Gasteiger partial charge in [-0.15, -0.1) is 0 Å². The first-order valence-electron chi connectivity index (χ1n) is 5.51. The van der Waals surface area contributed by atoms with Gasteiger partial charge in [-0.1, -0.05) is 15.9 Å². The van der Waals surface area contributed by atoms with Gasteiger partial charge in [-0.25, -0.2) is 0 Å². The Labute approximate surface area is 113 Å². The fraction of sp³-hybridized carbons (Fsp3) is 0.545. The van der Waals surface area contributed by atoms with Gasteiger partial charge >= 0.3 is 0 Å². The maximum Gasteiger partial charge on any atom is 0.238 e. The quantitative estimate of drug-likeness (QED) is 0.782. The number of hydrogen-bond donors (Lipinski definition) is 0. The van der Waals surface area contributed by atoms with Crippen molar-refractivity contribution < 1.29 is 14.3 Å². The number of hydrogen-bond acceptors (Lipinski definition) is 5. The third-order valence-corrected chi connectivity index (χ3v) is 3.67. The van der Waals surface area contributed by atoms with E-state index < -0.39 is 0 Å². The minimum Gasteiger partial charge on any atom is -0.481 e. The summed E-state index contributed by atoms with van der Waals surface area (Å²) >= 11 is 3.39. The van der Waals surface area contributed by atoms with Crippen molar-refractivity contribution in [3.63, 3.8) is 0 Å². The van der Waals surface area contributed by atoms with Crippen LogP contribution in [0.5, 0.6) is 11.8 Å². The molecule has 1 saturated heterocycles. The van der Waals surface area contributed by atoms with Crippen LogP contribution >= 0.6 is 15.9 Å². The van der Waals surface area contributed by atoms with Gasteiger partial charge in [-0.3, -0.25) is 9.69 Å². The zero-order chi connectivity index (χ0) is 13.1. The summed E-state index contributed by atoms with van der Waals surface area (Å²) in [5, 5.41) is 0.788. The Morgan fingerprint density at radius 1 is 1.39 bits per heavy atom. The second kappa shape index (κ2) is 5.51. The molecule has 7 heteroatoms. The Hall–Kier alpha value is -1.37. The predicted octanol–water partition coefficient (Wildman–Crippen LogP) is 1.24. The van der Waals surface area contributed by atoms with Crippen LogP contribution in [0, 0.1) is 5.92 Å². The first-order chi connectivity index (χ1) is 8.67. The minimum atomic E-state index is 0.0229. The molecule has 2 rings (SSSR count). The molecule has 0 radical (unpaired) electrons. The fourth-order valence-electron chi connectivity index (χ4n) is 1.80. The Morgan fingerprint density at radius 3 is 2.44 bits per heavy atom. The highest BCUT2D eigenvalue weighted by Crippen LogP contribution is 2.26. The Bertz CT molecular complexity index is 433. The van der Waals surface area contributed by atoms with Gasteiger partial charge in [0.1, 0.15) is 0 Å². The lowest BCUT2D eigenvalue weighted by molar-refractivity contribution is -0.117. The monoisotopic (exact) mass is 315 g/mol. The number of carbonyl (C=O) groups is 1. The maximum absolute atomic E-state index is 11.9. The molecule has 0 bridgehead atoms. The second-order valence-corrected chi connectivity index (χ2v) is 4.63. The first kappa shape index (κ1) is 13.1. The fourth-order valence-corrected chi connectivity index (χ4v) is 2.23. The van der Waals surface area contributed by atoms with Crippen LogP contribution in [0.1, 0.15) is 6.42 Å². The van der Waals surface area contributed by atoms with Crippen LogP contribution in [0.3, 0.4) is 0 Å². The Balaban J connectivity index is 2.30. The molecule has 0 aliphatic carbocycles. The number of alkyl halides is 1. The van der Waals surface area contributed by atoms with Crippen LogP contribution in [0.25, 0.3) is 0 Å². The number of amides is 1. The predicted molar refractivity (Wildman–Crippen MR) is 69.4 cm³/mol. The van der Waals surface area contributed by atoms with Crippen LogP contribution in [0.15, 0.2) is 6.07 Å². The summed E-state index contributed by atoms with van der Waals surface area (Å²) in [6.45, 7) is 0.612. The number of anilines is 1. The molecule has 1 atom stereocenters. The van der Waals surface area contributed by atoms with E-state index in [4.69, 9.17) is 9.47 Å². The normalized spacial score (nSPS) is 19.2. The van der Waals surface area contributed by atoms with E-state index in [1.54, 1.807) is 11.0 Å². The summed E-state index contributed by atoms with van der Waals surface area (Å²) < 4.78 is 10.1. The zero-order valence-corrected chi connectivity index (χ0v) is 11.8. The number of ether oxygens (including phenoxy) is 2. The lowest BCUT2D eigenvalue weighted by atomic mass is 10.2. The molecular formula is C11H14BrN3O3. The van der Waals surface area contributed by atoms with Gasteiger partial charge in [0.15, 0.2) is 0 Å². The molecule has 0 aromatic carbocycles. The Kier molecular flexibility index (Phi) is 4.00. The number of aromatic nitrogens is 2. The lowest BCUT2D eigenvalue weighted by Gasteiger charge is -2.15. The van der Waals surface area contributed by atoms with Crippen molar-refractivity contribution in [3.05, 3.63) is 6.07 Å². The number of rotatable bonds is 4. The summed E-state index contributed by atoms with van der Waals surface area (Å²) in [7, 11) is 3.03. The van der Waals surface area contributed by atoms with Crippen molar-refractivity contribution in [2.75, 3.05) is 31.0 Å². The summed E-state index contributed by atoms with van der Waals surface area (Å²) in [6, 6.07) is 1.58. The maximum atomic E-state index is 11.9. The molecule has 1 aromatic rings. The van der Waals surface area contributed by atoms with Gasteiger partial charge in [0.2, 0.25) is 23.6 Å². The molecule has 2 heterocycles. The third-order valence-electron chi connectivity index (χ3n) is 2.75. The molecule has 98 valence electrons. The molecule has 1 aromatic heterocycles. The summed E-state index contributed by atoms with van der Waals surface area (Å²) in [5.41, 5.74) is 0. The number of carbonyl (C=O) groups excluding carboxylic acids is 1. The smallest absolute Gasteiger partial charge is 0.238 e. The van der Waals surface area contributed by atoms with E-state index in [9.17, 15) is 4.79 Å². The van der Waals surface area contributed by atoms with E-state index in [1.807, 2.05) is 0 Å². The highest BCUT2D eigenvalue weighted by atomic mass is 79.9. The first-order valence-corrected chi connectivity index (χ1v) is 6.63. The standard InChI is InChI=1S/C11H14BrN3O3/c1-17-8-4-9(18-2)14-11(13-8)15-6-7(5-12)3-10(15)16/h4,7H,3,5-6H2,1-2H3. The lowest BCUT2D eigenvalue weighted by Crippen LogP contribution is -2.27. The van der Waals surface area contributed by atoms with Gasteiger partial charge in [0.05, 0.1) is 20.3 Å². The van der Waals surface area contributed by atoms with E-state index in [0.717, 1.165) is 5.33 Å². The van der Waals surface area contributed by atoms with E-state index in [0.29, 0.717) is 36.6 Å². The van der Waals surface area contributed by atoms with Crippen LogP contribution in [0.2, 0.25) is 0 Å². The molecular weight excluding hydrogens is 302 g/mol. The molecule has 0 N–H and O–H groups in total. The molecule has 0 spiro atoms. The molecule has 1 fully saturated rings. The largest absolute Gasteiger partial charge is 0.481 e. The average Bonchev–Trinajstić information content (AvgIpc) is 2.79. The molecule has 1 amide bonds. The minimum absolute atomic E-state index is 0.0229. The Morgan fingerprint density at radius 2 is 2.00 bits per heavy atom. The highest BCUT2D eigenvalue weighted by molar-refractivity contribution is 9.09. The van der Waals surface area contributed by atoms with Gasteiger partial charge in [0.25, 0.3) is 0 Å². The third kappa shape index (κ3) is 2.55. The van der Waals surface area contributed by atoms with Gasteiger partial charge in [-0.2, -0.15) is 9.97 Å². The van der Waals surface area contributed by atoms with E-state index in [-0.39, 0.29) is 5.91 Å². The summed E-state index contributed by atoms with van der Waals surface area (Å²) in [4.78, 5) is 21.8. The van der Waals surface area contributed by atoms with Crippen molar-refractivity contribution in [2.45, 2.75) is 6.42 Å². The number of methoxy groups -OCH3 is 2. The van der Waals surface area contributed by atoms with E-state index in [1.165, 1.54) is 14.2 Å². The molecule has 6 nitrogen and oxygen atoms in total. The van der Waals surface area contributed by atoms with E-state index >= 15 is 0 Å². The van der Waals surface area contributed by atoms with Gasteiger partial charge < -0.3 is 9.47 Å². The number of nitrogens with zero attached hydrogens (tertiary/aromatic N) is 3. The van der Waals surface area contributed by atoms with Crippen LogP contribution < -0.4 is 14.4 Å². The second-order valence-electron chi connectivity index (χ2n) is 3.98. The topological polar surface area (TPSA) is 64.6 Å². The molecule has 1 aliphatic heterocycles. The summed E-state index contributed by atoms with van der Waals surface area (Å²) in [6.07, 6.45) is 0.508. The van der Waals surface area contributed by atoms with Crippen LogP contribution in [-0.4, -0.2) is 42.0 Å². The molecule has 0 saturated carbocycles. The average molecular weight is 316 g/mol. The van der Waals surface area contributed by atoms with Crippen molar-refractivity contribution in [3.8, 4) is 11.8 Å². The van der Waals surface area contributed by atoms with Crippen molar-refractivity contribution in [2.24, 2.45) is 5.92 Å². The molecule has 1 aliphatic rings. The zero-order valence-electron chi connectivity index (χ0n) is 10.2. The highest BCUT2D eigenvalue weighted by Gasteiger charge is 2.32.